The molecule has 35 heavy (non-hydrogen) atoms. The lowest BCUT2D eigenvalue weighted by atomic mass is 9.75. The standard InChI is InChI=1S/C30H48N2O3/c1-7-11-13-20(9-3)28(22-15-16-25(31)26(18-22)34-5)23-17-24(29(32)27(19-23)35-6)30(33)21(10-4)14-12-8-2/h15-21,28,30,33H,7-14,31-32H2,1-6H3. The zero-order chi connectivity index (χ0) is 26.0. The SMILES string of the molecule is CCCCC(CC)C(O)c1cc(C(c2ccc(N)c(OC)c2)C(CC)CCCC)cc(OC)c1N. The van der Waals surface area contributed by atoms with Crippen molar-refractivity contribution in [2.75, 3.05) is 25.7 Å². The van der Waals surface area contributed by atoms with Gasteiger partial charge in [0.25, 0.3) is 0 Å². The number of benzene rings is 2. The molecule has 0 radical (unpaired) electrons. The Balaban J connectivity index is 2.69. The summed E-state index contributed by atoms with van der Waals surface area (Å²) in [5.74, 6) is 2.00. The fourth-order valence-corrected chi connectivity index (χ4v) is 5.30. The monoisotopic (exact) mass is 484 g/mol. The van der Waals surface area contributed by atoms with Crippen LogP contribution in [-0.2, 0) is 0 Å². The highest BCUT2D eigenvalue weighted by molar-refractivity contribution is 5.63. The second-order valence-electron chi connectivity index (χ2n) is 9.77. The summed E-state index contributed by atoms with van der Waals surface area (Å²) in [5, 5.41) is 11.5. The second-order valence-corrected chi connectivity index (χ2v) is 9.77. The van der Waals surface area contributed by atoms with Crippen LogP contribution in [0.1, 0.15) is 108 Å². The lowest BCUT2D eigenvalue weighted by Crippen LogP contribution is -2.18. The first-order valence-electron chi connectivity index (χ1n) is 13.4. The van der Waals surface area contributed by atoms with Crippen molar-refractivity contribution in [1.82, 2.24) is 0 Å². The Morgan fingerprint density at radius 1 is 0.771 bits per heavy atom. The minimum Gasteiger partial charge on any atom is -0.495 e. The van der Waals surface area contributed by atoms with Crippen LogP contribution in [0.3, 0.4) is 0 Å². The number of ether oxygens (including phenoxy) is 2. The summed E-state index contributed by atoms with van der Waals surface area (Å²) in [5.41, 5.74) is 16.9. The van der Waals surface area contributed by atoms with Crippen LogP contribution in [0.2, 0.25) is 0 Å². The van der Waals surface area contributed by atoms with Crippen LogP contribution in [0, 0.1) is 11.8 Å². The molecule has 0 aromatic heterocycles. The molecule has 0 heterocycles. The topological polar surface area (TPSA) is 90.7 Å². The van der Waals surface area contributed by atoms with Crippen molar-refractivity contribution in [1.29, 1.82) is 0 Å². The van der Waals surface area contributed by atoms with Crippen molar-refractivity contribution in [2.24, 2.45) is 11.8 Å². The quantitative estimate of drug-likeness (QED) is 0.228. The predicted octanol–water partition coefficient (Wildman–Crippen LogP) is 7.47. The first kappa shape index (κ1) is 28.8. The van der Waals surface area contributed by atoms with E-state index in [9.17, 15) is 5.11 Å². The van der Waals surface area contributed by atoms with E-state index in [4.69, 9.17) is 20.9 Å². The largest absolute Gasteiger partial charge is 0.495 e. The molecule has 5 N–H and O–H groups in total. The number of anilines is 2. The number of nitrogen functional groups attached to an aromatic ring is 2. The van der Waals surface area contributed by atoms with Gasteiger partial charge in [-0.15, -0.1) is 0 Å². The first-order valence-corrected chi connectivity index (χ1v) is 13.4. The van der Waals surface area contributed by atoms with Gasteiger partial charge >= 0.3 is 0 Å². The second kappa shape index (κ2) is 14.2. The van der Waals surface area contributed by atoms with Gasteiger partial charge in [0.15, 0.2) is 0 Å². The third-order valence-corrected chi connectivity index (χ3v) is 7.53. The van der Waals surface area contributed by atoms with E-state index >= 15 is 0 Å². The Morgan fingerprint density at radius 3 is 1.89 bits per heavy atom. The maximum absolute atomic E-state index is 11.5. The Bertz CT molecular complexity index is 915. The van der Waals surface area contributed by atoms with Gasteiger partial charge in [-0.2, -0.15) is 0 Å². The maximum Gasteiger partial charge on any atom is 0.142 e. The predicted molar refractivity (Wildman–Crippen MR) is 148 cm³/mol. The Morgan fingerprint density at radius 2 is 1.34 bits per heavy atom. The van der Waals surface area contributed by atoms with Crippen LogP contribution in [0.15, 0.2) is 30.3 Å². The summed E-state index contributed by atoms with van der Waals surface area (Å²) in [6.07, 6.45) is 7.92. The van der Waals surface area contributed by atoms with Crippen molar-refractivity contribution < 1.29 is 14.6 Å². The van der Waals surface area contributed by atoms with Gasteiger partial charge < -0.3 is 26.0 Å². The zero-order valence-electron chi connectivity index (χ0n) is 22.8. The molecule has 0 saturated carbocycles. The lowest BCUT2D eigenvalue weighted by Gasteiger charge is -2.30. The molecule has 5 heteroatoms. The lowest BCUT2D eigenvalue weighted by molar-refractivity contribution is 0.0992. The number of nitrogens with two attached hydrogens (primary N) is 2. The molecule has 2 aromatic rings. The van der Waals surface area contributed by atoms with Crippen molar-refractivity contribution >= 4 is 11.4 Å². The molecule has 0 bridgehead atoms. The van der Waals surface area contributed by atoms with Gasteiger partial charge in [0.05, 0.1) is 31.7 Å². The molecule has 4 atom stereocenters. The van der Waals surface area contributed by atoms with Gasteiger partial charge in [-0.25, -0.2) is 0 Å². The molecule has 196 valence electrons. The molecular weight excluding hydrogens is 436 g/mol. The molecule has 5 nitrogen and oxygen atoms in total. The molecule has 2 rings (SSSR count). The smallest absolute Gasteiger partial charge is 0.142 e. The van der Waals surface area contributed by atoms with E-state index in [1.807, 2.05) is 6.07 Å². The Hall–Kier alpha value is -2.40. The third-order valence-electron chi connectivity index (χ3n) is 7.53. The van der Waals surface area contributed by atoms with Crippen molar-refractivity contribution in [3.63, 3.8) is 0 Å². The van der Waals surface area contributed by atoms with Crippen LogP contribution in [0.5, 0.6) is 11.5 Å². The highest BCUT2D eigenvalue weighted by atomic mass is 16.5. The summed E-state index contributed by atoms with van der Waals surface area (Å²) >= 11 is 0. The average Bonchev–Trinajstić information content (AvgIpc) is 2.87. The molecule has 4 unspecified atom stereocenters. The summed E-state index contributed by atoms with van der Waals surface area (Å²) in [7, 11) is 3.30. The normalized spacial score (nSPS) is 14.8. The van der Waals surface area contributed by atoms with Gasteiger partial charge in [-0.3, -0.25) is 0 Å². The van der Waals surface area contributed by atoms with Crippen LogP contribution >= 0.6 is 0 Å². The molecule has 0 aliphatic rings. The minimum absolute atomic E-state index is 0.109. The van der Waals surface area contributed by atoms with Gasteiger partial charge in [0, 0.05) is 11.5 Å². The first-order chi connectivity index (χ1) is 16.9. The van der Waals surface area contributed by atoms with Crippen LogP contribution in [-0.4, -0.2) is 19.3 Å². The highest BCUT2D eigenvalue weighted by Crippen LogP contribution is 2.44. The minimum atomic E-state index is -0.627. The van der Waals surface area contributed by atoms with Gasteiger partial charge in [0.1, 0.15) is 11.5 Å². The molecule has 0 fully saturated rings. The molecule has 0 amide bonds. The Labute approximate surface area is 213 Å². The molecular formula is C30H48N2O3. The van der Waals surface area contributed by atoms with E-state index < -0.39 is 6.10 Å². The van der Waals surface area contributed by atoms with E-state index in [1.54, 1.807) is 14.2 Å². The number of aliphatic hydroxyl groups excluding tert-OH is 1. The molecule has 0 aliphatic heterocycles. The van der Waals surface area contributed by atoms with E-state index in [0.29, 0.717) is 28.8 Å². The third kappa shape index (κ3) is 7.07. The van der Waals surface area contributed by atoms with Crippen LogP contribution in [0.4, 0.5) is 11.4 Å². The summed E-state index contributed by atoms with van der Waals surface area (Å²) in [6.45, 7) is 8.81. The summed E-state index contributed by atoms with van der Waals surface area (Å²) in [4.78, 5) is 0. The number of methoxy groups -OCH3 is 2. The van der Waals surface area contributed by atoms with E-state index in [0.717, 1.165) is 68.1 Å². The van der Waals surface area contributed by atoms with Crippen molar-refractivity contribution in [3.8, 4) is 11.5 Å². The number of hydrogen-bond donors (Lipinski definition) is 3. The average molecular weight is 485 g/mol. The van der Waals surface area contributed by atoms with E-state index in [2.05, 4.69) is 52.0 Å². The molecule has 0 spiro atoms. The summed E-state index contributed by atoms with van der Waals surface area (Å²) in [6, 6.07) is 10.3. The van der Waals surface area contributed by atoms with Crippen LogP contribution < -0.4 is 20.9 Å². The number of rotatable bonds is 15. The van der Waals surface area contributed by atoms with Crippen molar-refractivity contribution in [2.45, 2.75) is 91.1 Å². The van der Waals surface area contributed by atoms with Gasteiger partial charge in [-0.1, -0.05) is 78.4 Å². The number of aliphatic hydroxyl groups is 1. The van der Waals surface area contributed by atoms with E-state index in [1.165, 1.54) is 0 Å². The number of unbranched alkanes of at least 4 members (excludes halogenated alkanes) is 2. The number of hydrogen-bond acceptors (Lipinski definition) is 5. The fourth-order valence-electron chi connectivity index (χ4n) is 5.30. The molecule has 0 aliphatic carbocycles. The zero-order valence-corrected chi connectivity index (χ0v) is 22.8. The summed E-state index contributed by atoms with van der Waals surface area (Å²) < 4.78 is 11.3. The van der Waals surface area contributed by atoms with Gasteiger partial charge in [-0.05, 0) is 54.0 Å². The molecule has 0 saturated heterocycles. The van der Waals surface area contributed by atoms with Gasteiger partial charge in [0.2, 0.25) is 0 Å². The highest BCUT2D eigenvalue weighted by Gasteiger charge is 2.29. The van der Waals surface area contributed by atoms with Crippen LogP contribution in [0.25, 0.3) is 0 Å². The Kier molecular flexibility index (Phi) is 11.7. The maximum atomic E-state index is 11.5. The fraction of sp³-hybridized carbons (Fsp3) is 0.600. The molecule has 2 aromatic carbocycles. The van der Waals surface area contributed by atoms with E-state index in [-0.39, 0.29) is 11.8 Å². The van der Waals surface area contributed by atoms with Crippen molar-refractivity contribution in [3.05, 3.63) is 47.0 Å².